The fourth-order valence-electron chi connectivity index (χ4n) is 0.758. The summed E-state index contributed by atoms with van der Waals surface area (Å²) in [4.78, 5) is 10.6. The fourth-order valence-corrected chi connectivity index (χ4v) is 0.758. The van der Waals surface area contributed by atoms with Crippen LogP contribution in [-0.2, 0) is 4.79 Å². The Labute approximate surface area is 75.5 Å². The SMILES string of the molecule is C=C/C(=C\NC(C)=O)c1cn[nH]n1. The molecule has 0 aromatic carbocycles. The Bertz CT molecular complexity index is 326. The van der Waals surface area contributed by atoms with Crippen LogP contribution < -0.4 is 5.32 Å². The molecule has 0 spiro atoms. The summed E-state index contributed by atoms with van der Waals surface area (Å²) >= 11 is 0. The molecular formula is C8H10N4O. The van der Waals surface area contributed by atoms with Gasteiger partial charge in [-0.05, 0) is 0 Å². The lowest BCUT2D eigenvalue weighted by Gasteiger charge is -1.96. The fraction of sp³-hybridized carbons (Fsp3) is 0.125. The molecule has 13 heavy (non-hydrogen) atoms. The van der Waals surface area contributed by atoms with Crippen molar-refractivity contribution in [3.8, 4) is 0 Å². The maximum atomic E-state index is 10.6. The van der Waals surface area contributed by atoms with Crippen molar-refractivity contribution >= 4 is 11.5 Å². The van der Waals surface area contributed by atoms with E-state index in [1.54, 1.807) is 12.3 Å². The lowest BCUT2D eigenvalue weighted by molar-refractivity contribution is -0.118. The van der Waals surface area contributed by atoms with Crippen LogP contribution in [0.3, 0.4) is 0 Å². The molecule has 1 rings (SSSR count). The summed E-state index contributed by atoms with van der Waals surface area (Å²) < 4.78 is 0. The molecule has 0 aliphatic rings. The zero-order valence-electron chi connectivity index (χ0n) is 7.24. The summed E-state index contributed by atoms with van der Waals surface area (Å²) in [5, 5.41) is 12.5. The van der Waals surface area contributed by atoms with Crippen molar-refractivity contribution in [2.75, 3.05) is 0 Å². The van der Waals surface area contributed by atoms with Crippen LogP contribution in [0, 0.1) is 0 Å². The Balaban J connectivity index is 2.79. The van der Waals surface area contributed by atoms with Crippen molar-refractivity contribution in [2.45, 2.75) is 6.92 Å². The minimum absolute atomic E-state index is 0.136. The Kier molecular flexibility index (Phi) is 2.97. The van der Waals surface area contributed by atoms with Gasteiger partial charge in [0, 0.05) is 18.7 Å². The topological polar surface area (TPSA) is 70.7 Å². The lowest BCUT2D eigenvalue weighted by atomic mass is 10.2. The van der Waals surface area contributed by atoms with Crippen LogP contribution in [0.5, 0.6) is 0 Å². The van der Waals surface area contributed by atoms with E-state index in [-0.39, 0.29) is 5.91 Å². The molecule has 0 fully saturated rings. The Morgan fingerprint density at radius 1 is 1.77 bits per heavy atom. The summed E-state index contributed by atoms with van der Waals surface area (Å²) in [6, 6.07) is 0. The van der Waals surface area contributed by atoms with E-state index in [2.05, 4.69) is 27.3 Å². The summed E-state index contributed by atoms with van der Waals surface area (Å²) in [5.41, 5.74) is 1.35. The molecule has 68 valence electrons. The summed E-state index contributed by atoms with van der Waals surface area (Å²) in [5.74, 6) is -0.136. The number of aromatic nitrogens is 3. The number of hydrogen-bond donors (Lipinski definition) is 2. The van der Waals surface area contributed by atoms with Gasteiger partial charge in [-0.1, -0.05) is 12.7 Å². The van der Waals surface area contributed by atoms with Crippen molar-refractivity contribution in [3.63, 3.8) is 0 Å². The number of carbonyl (C=O) groups excluding carboxylic acids is 1. The average molecular weight is 178 g/mol. The van der Waals surface area contributed by atoms with Crippen molar-refractivity contribution in [2.24, 2.45) is 0 Å². The molecule has 2 N–H and O–H groups in total. The summed E-state index contributed by atoms with van der Waals surface area (Å²) in [7, 11) is 0. The predicted molar refractivity (Wildman–Crippen MR) is 48.4 cm³/mol. The third-order valence-corrected chi connectivity index (χ3v) is 1.36. The molecule has 1 aromatic heterocycles. The molecule has 0 aliphatic carbocycles. The number of H-pyrrole nitrogens is 1. The average Bonchev–Trinajstić information content (AvgIpc) is 2.58. The normalized spacial score (nSPS) is 11.0. The van der Waals surface area contributed by atoms with Gasteiger partial charge < -0.3 is 5.32 Å². The van der Waals surface area contributed by atoms with Crippen molar-refractivity contribution in [1.82, 2.24) is 20.7 Å². The van der Waals surface area contributed by atoms with Crippen LogP contribution in [0.4, 0.5) is 0 Å². The number of nitrogens with one attached hydrogen (secondary N) is 2. The Morgan fingerprint density at radius 3 is 3.00 bits per heavy atom. The molecule has 0 bridgehead atoms. The van der Waals surface area contributed by atoms with Gasteiger partial charge in [0.1, 0.15) is 5.69 Å². The quantitative estimate of drug-likeness (QED) is 0.661. The van der Waals surface area contributed by atoms with Gasteiger partial charge >= 0.3 is 0 Å². The van der Waals surface area contributed by atoms with Crippen LogP contribution >= 0.6 is 0 Å². The highest BCUT2D eigenvalue weighted by Crippen LogP contribution is 2.08. The molecule has 1 aromatic rings. The monoisotopic (exact) mass is 178 g/mol. The molecule has 0 saturated carbocycles. The number of hydrogen-bond acceptors (Lipinski definition) is 3. The molecular weight excluding hydrogens is 168 g/mol. The second-order valence-electron chi connectivity index (χ2n) is 2.36. The first kappa shape index (κ1) is 9.18. The molecule has 0 unspecified atom stereocenters. The predicted octanol–water partition coefficient (Wildman–Crippen LogP) is 0.468. The highest BCUT2D eigenvalue weighted by molar-refractivity contribution is 5.78. The summed E-state index contributed by atoms with van der Waals surface area (Å²) in [6.07, 6.45) is 4.68. The maximum absolute atomic E-state index is 10.6. The van der Waals surface area contributed by atoms with Crippen LogP contribution in [0.1, 0.15) is 12.6 Å². The van der Waals surface area contributed by atoms with E-state index >= 15 is 0 Å². The largest absolute Gasteiger partial charge is 0.332 e. The van der Waals surface area contributed by atoms with Crippen molar-refractivity contribution < 1.29 is 4.79 Å². The van der Waals surface area contributed by atoms with Gasteiger partial charge in [-0.2, -0.15) is 15.4 Å². The number of nitrogens with zero attached hydrogens (tertiary/aromatic N) is 2. The van der Waals surface area contributed by atoms with Gasteiger partial charge in [-0.3, -0.25) is 4.79 Å². The van der Waals surface area contributed by atoms with E-state index in [1.807, 2.05) is 0 Å². The highest BCUT2D eigenvalue weighted by atomic mass is 16.1. The van der Waals surface area contributed by atoms with Gasteiger partial charge in [-0.15, -0.1) is 0 Å². The zero-order valence-corrected chi connectivity index (χ0v) is 7.24. The molecule has 0 saturated heterocycles. The standard InChI is InChI=1S/C8H10N4O/c1-3-7(4-9-6(2)13)8-5-10-12-11-8/h3-5H,1H2,2H3,(H,9,13)(H,10,11,12)/b7-4+. The Morgan fingerprint density at radius 2 is 2.54 bits per heavy atom. The maximum Gasteiger partial charge on any atom is 0.220 e. The lowest BCUT2D eigenvalue weighted by Crippen LogP contribution is -2.12. The van der Waals surface area contributed by atoms with Crippen molar-refractivity contribution in [3.05, 3.63) is 30.7 Å². The second kappa shape index (κ2) is 4.20. The number of carbonyl (C=O) groups is 1. The first-order valence-electron chi connectivity index (χ1n) is 3.70. The zero-order chi connectivity index (χ0) is 9.68. The van der Waals surface area contributed by atoms with Gasteiger partial charge in [-0.25, -0.2) is 0 Å². The van der Waals surface area contributed by atoms with Gasteiger partial charge in [0.15, 0.2) is 0 Å². The van der Waals surface area contributed by atoms with Crippen LogP contribution in [0.15, 0.2) is 25.1 Å². The Hall–Kier alpha value is -1.91. The van der Waals surface area contributed by atoms with Gasteiger partial charge in [0.25, 0.3) is 0 Å². The number of aromatic amines is 1. The second-order valence-corrected chi connectivity index (χ2v) is 2.36. The molecule has 5 heteroatoms. The molecule has 1 heterocycles. The first-order valence-corrected chi connectivity index (χ1v) is 3.70. The van der Waals surface area contributed by atoms with Gasteiger partial charge in [0.2, 0.25) is 5.91 Å². The highest BCUT2D eigenvalue weighted by Gasteiger charge is 1.99. The van der Waals surface area contributed by atoms with Crippen LogP contribution in [0.25, 0.3) is 5.57 Å². The smallest absolute Gasteiger partial charge is 0.220 e. The number of amides is 1. The molecule has 1 amide bonds. The third kappa shape index (κ3) is 2.55. The van der Waals surface area contributed by atoms with E-state index in [1.165, 1.54) is 13.1 Å². The minimum atomic E-state index is -0.136. The molecule has 0 atom stereocenters. The summed E-state index contributed by atoms with van der Waals surface area (Å²) in [6.45, 7) is 5.02. The third-order valence-electron chi connectivity index (χ3n) is 1.36. The minimum Gasteiger partial charge on any atom is -0.332 e. The molecule has 0 radical (unpaired) electrons. The molecule has 0 aliphatic heterocycles. The molecule has 5 nitrogen and oxygen atoms in total. The van der Waals surface area contributed by atoms with E-state index < -0.39 is 0 Å². The van der Waals surface area contributed by atoms with E-state index in [0.29, 0.717) is 11.3 Å². The van der Waals surface area contributed by atoms with Crippen LogP contribution in [-0.4, -0.2) is 21.3 Å². The number of rotatable bonds is 3. The van der Waals surface area contributed by atoms with E-state index in [9.17, 15) is 4.79 Å². The van der Waals surface area contributed by atoms with E-state index in [0.717, 1.165) is 0 Å². The van der Waals surface area contributed by atoms with Crippen LogP contribution in [0.2, 0.25) is 0 Å². The van der Waals surface area contributed by atoms with Crippen molar-refractivity contribution in [1.29, 1.82) is 0 Å². The van der Waals surface area contributed by atoms with E-state index in [4.69, 9.17) is 0 Å². The first-order chi connectivity index (χ1) is 6.24. The number of allylic oxidation sites excluding steroid dienone is 2. The van der Waals surface area contributed by atoms with Gasteiger partial charge in [0.05, 0.1) is 6.20 Å².